The van der Waals surface area contributed by atoms with Crippen LogP contribution in [0.4, 0.5) is 4.79 Å². The molecule has 0 heterocycles. The van der Waals surface area contributed by atoms with Gasteiger partial charge in [-0.15, -0.1) is 0 Å². The molecule has 2 amide bonds. The van der Waals surface area contributed by atoms with Gasteiger partial charge in [-0.2, -0.15) is 0 Å². The summed E-state index contributed by atoms with van der Waals surface area (Å²) in [4.78, 5) is 9.46. The van der Waals surface area contributed by atoms with Gasteiger partial charge >= 0.3 is 57.4 Å². The number of carbonyl (C=O) groups excluding carboxylic acids is 1. The van der Waals surface area contributed by atoms with Crippen LogP contribution in [0, 0.1) is 0 Å². The molecule has 0 saturated carbocycles. The van der Waals surface area contributed by atoms with E-state index in [4.69, 9.17) is 0 Å². The van der Waals surface area contributed by atoms with E-state index >= 15 is 0 Å². The zero-order valence-corrected chi connectivity index (χ0v) is 3.72. The molecule has 0 aromatic rings. The van der Waals surface area contributed by atoms with E-state index in [0.717, 1.165) is 0 Å². The summed E-state index contributed by atoms with van der Waals surface area (Å²) in [5.74, 6) is 0. The van der Waals surface area contributed by atoms with Gasteiger partial charge in [0.15, 0.2) is 0 Å². The number of nitrogens with one attached hydrogen (secondary N) is 1. The van der Waals surface area contributed by atoms with Gasteiger partial charge in [0.1, 0.15) is 0 Å². The first-order valence-corrected chi connectivity index (χ1v) is 1.61. The van der Waals surface area contributed by atoms with Crippen molar-refractivity contribution >= 4 is 66.8 Å². The normalized spacial score (nSPS) is 5.50. The van der Waals surface area contributed by atoms with Crippen molar-refractivity contribution in [1.82, 2.24) is 5.09 Å². The Morgan fingerprint density at radius 3 is 2.00 bits per heavy atom. The molecule has 1 unspecified atom stereocenters. The third-order valence-electron chi connectivity index (χ3n) is 0.142. The van der Waals surface area contributed by atoms with Crippen LogP contribution in [0.15, 0.2) is 0 Å². The zero-order valence-electron chi connectivity index (χ0n) is 2.56. The van der Waals surface area contributed by atoms with Crippen molar-refractivity contribution in [3.63, 3.8) is 0 Å². The summed E-state index contributed by atoms with van der Waals surface area (Å²) in [7, 11) is 1.97. The van der Waals surface area contributed by atoms with Crippen molar-refractivity contribution in [1.29, 1.82) is 0 Å². The molecule has 0 bridgehead atoms. The van der Waals surface area contributed by atoms with Crippen molar-refractivity contribution in [2.75, 3.05) is 0 Å². The van der Waals surface area contributed by atoms with Crippen LogP contribution >= 0.6 is 9.39 Å². The van der Waals surface area contributed by atoms with Crippen LogP contribution in [0.1, 0.15) is 0 Å². The van der Waals surface area contributed by atoms with Crippen molar-refractivity contribution in [3.8, 4) is 0 Å². The molecular weight excluding hydrogens is 126 g/mol. The molecule has 0 saturated heterocycles. The summed E-state index contributed by atoms with van der Waals surface area (Å²) >= 11 is 0. The van der Waals surface area contributed by atoms with Crippen LogP contribution in [0.25, 0.3) is 0 Å². The second-order valence-electron chi connectivity index (χ2n) is 0.509. The molecule has 0 rings (SSSR count). The van der Waals surface area contributed by atoms with E-state index in [0.29, 0.717) is 0 Å². The molecular formula is CH6KN2OP. The first kappa shape index (κ1) is 10.3. The standard InChI is InChI=1S/CH5N2OP.K.H/c2-1(4)3-5;;/h5H2,(H3,2,3,4);;. The van der Waals surface area contributed by atoms with Gasteiger partial charge < -0.3 is 10.8 Å². The Kier molecular flexibility index (Phi) is 10.9. The first-order chi connectivity index (χ1) is 2.27. The van der Waals surface area contributed by atoms with Crippen molar-refractivity contribution in [2.45, 2.75) is 0 Å². The summed E-state index contributed by atoms with van der Waals surface area (Å²) < 4.78 is 0. The van der Waals surface area contributed by atoms with E-state index in [1.54, 1.807) is 0 Å². The van der Waals surface area contributed by atoms with Crippen molar-refractivity contribution in [3.05, 3.63) is 0 Å². The SMILES string of the molecule is NC(=O)NP.[KH]. The van der Waals surface area contributed by atoms with E-state index in [-0.39, 0.29) is 51.4 Å². The van der Waals surface area contributed by atoms with Crippen LogP contribution in [-0.2, 0) is 0 Å². The van der Waals surface area contributed by atoms with Crippen molar-refractivity contribution < 1.29 is 4.79 Å². The summed E-state index contributed by atoms with van der Waals surface area (Å²) in [6.45, 7) is 0. The summed E-state index contributed by atoms with van der Waals surface area (Å²) in [5, 5.41) is 2.08. The molecule has 5 heteroatoms. The van der Waals surface area contributed by atoms with Crippen LogP contribution in [-0.4, -0.2) is 57.4 Å². The zero-order chi connectivity index (χ0) is 4.28. The Hall–Kier alpha value is 1.34. The third kappa shape index (κ3) is 9.01. The fraction of sp³-hybridized carbons (Fsp3) is 0. The molecule has 0 aliphatic heterocycles. The summed E-state index contributed by atoms with van der Waals surface area (Å²) in [6, 6.07) is -0.532. The maximum atomic E-state index is 9.46. The Labute approximate surface area is 81.1 Å². The molecule has 0 aliphatic carbocycles. The second kappa shape index (κ2) is 6.34. The number of rotatable bonds is 0. The van der Waals surface area contributed by atoms with E-state index in [1.165, 1.54) is 0 Å². The quantitative estimate of drug-likeness (QED) is 0.315. The van der Waals surface area contributed by atoms with Crippen LogP contribution in [0.2, 0.25) is 0 Å². The first-order valence-electron chi connectivity index (χ1n) is 1.03. The molecule has 0 spiro atoms. The number of carbonyl (C=O) groups is 1. The third-order valence-corrected chi connectivity index (χ3v) is 0.427. The number of urea groups is 1. The number of nitrogens with two attached hydrogens (primary N) is 1. The monoisotopic (exact) mass is 132 g/mol. The van der Waals surface area contributed by atoms with Gasteiger partial charge in [0.2, 0.25) is 0 Å². The van der Waals surface area contributed by atoms with Gasteiger partial charge in [0, 0.05) is 0 Å². The molecule has 3 nitrogen and oxygen atoms in total. The fourth-order valence-corrected chi connectivity index (χ4v) is 0. The summed E-state index contributed by atoms with van der Waals surface area (Å²) in [5.41, 5.74) is 4.52. The minimum absolute atomic E-state index is 0. The molecule has 1 atom stereocenters. The van der Waals surface area contributed by atoms with Gasteiger partial charge in [-0.25, -0.2) is 4.79 Å². The number of primary amides is 1. The van der Waals surface area contributed by atoms with Gasteiger partial charge in [0.05, 0.1) is 0 Å². The molecule has 3 N–H and O–H groups in total. The van der Waals surface area contributed by atoms with Crippen LogP contribution < -0.4 is 10.8 Å². The van der Waals surface area contributed by atoms with Crippen LogP contribution in [0.5, 0.6) is 0 Å². The van der Waals surface area contributed by atoms with E-state index in [9.17, 15) is 4.79 Å². The Bertz CT molecular complexity index is 48.8. The summed E-state index contributed by atoms with van der Waals surface area (Å²) in [6.07, 6.45) is 0. The van der Waals surface area contributed by atoms with E-state index in [2.05, 4.69) is 10.8 Å². The molecule has 0 radical (unpaired) electrons. The minimum atomic E-state index is -0.532. The molecule has 32 valence electrons. The van der Waals surface area contributed by atoms with Gasteiger partial charge in [-0.1, -0.05) is 0 Å². The number of amides is 2. The Morgan fingerprint density at radius 1 is 1.83 bits per heavy atom. The average molecular weight is 132 g/mol. The topological polar surface area (TPSA) is 55.1 Å². The van der Waals surface area contributed by atoms with Gasteiger partial charge in [0.25, 0.3) is 0 Å². The Balaban J connectivity index is 0. The van der Waals surface area contributed by atoms with E-state index < -0.39 is 6.03 Å². The fourth-order valence-electron chi connectivity index (χ4n) is 0. The van der Waals surface area contributed by atoms with Crippen LogP contribution in [0.3, 0.4) is 0 Å². The number of hydrogen-bond donors (Lipinski definition) is 2. The predicted octanol–water partition coefficient (Wildman–Crippen LogP) is -1.20. The Morgan fingerprint density at radius 2 is 2.00 bits per heavy atom. The number of hydrogen-bond acceptors (Lipinski definition) is 1. The molecule has 6 heavy (non-hydrogen) atoms. The van der Waals surface area contributed by atoms with Gasteiger partial charge in [-0.05, 0) is 9.39 Å². The predicted molar refractivity (Wildman–Crippen MR) is 29.6 cm³/mol. The molecule has 0 aromatic carbocycles. The second-order valence-corrected chi connectivity index (χ2v) is 0.797. The van der Waals surface area contributed by atoms with Crippen molar-refractivity contribution in [2.24, 2.45) is 5.73 Å². The average Bonchev–Trinajstić information content (AvgIpc) is 1.38. The molecule has 0 aromatic heterocycles. The van der Waals surface area contributed by atoms with E-state index in [1.807, 2.05) is 9.39 Å². The molecule has 0 aliphatic rings. The maximum absolute atomic E-state index is 9.46. The molecule has 0 fully saturated rings. The van der Waals surface area contributed by atoms with Gasteiger partial charge in [-0.3, -0.25) is 0 Å².